The van der Waals surface area contributed by atoms with Gasteiger partial charge in [0.15, 0.2) is 0 Å². The fourth-order valence-electron chi connectivity index (χ4n) is 5.13. The Balaban J connectivity index is 0.00000131. The van der Waals surface area contributed by atoms with Gasteiger partial charge >= 0.3 is 0 Å². The van der Waals surface area contributed by atoms with Crippen molar-refractivity contribution in [2.24, 2.45) is 5.92 Å². The Morgan fingerprint density at radius 2 is 1.78 bits per heavy atom. The zero-order chi connectivity index (χ0) is 17.2. The summed E-state index contributed by atoms with van der Waals surface area (Å²) < 4.78 is 0. The average molecular weight is 414 g/mol. The Kier molecular flexibility index (Phi) is 8.41. The minimum Gasteiger partial charge on any atom is -0.352 e. The SMILES string of the molecule is CC1CC(NC(=O)CC2CC3CCC(C2)N3)CN1Cc1ccccc1.Cl.Cl. The highest BCUT2D eigenvalue weighted by atomic mass is 35.5. The normalized spacial score (nSPS) is 32.4. The van der Waals surface area contributed by atoms with Gasteiger partial charge in [0.2, 0.25) is 5.91 Å². The number of nitrogens with zero attached hydrogens (tertiary/aromatic N) is 1. The Hall–Kier alpha value is -0.810. The molecule has 1 aromatic carbocycles. The van der Waals surface area contributed by atoms with Crippen molar-refractivity contribution >= 4 is 30.7 Å². The maximum atomic E-state index is 12.5. The molecule has 0 aromatic heterocycles. The Bertz CT molecular complexity index is 588. The van der Waals surface area contributed by atoms with Gasteiger partial charge in [-0.2, -0.15) is 0 Å². The number of likely N-dealkylation sites (tertiary alicyclic amines) is 1. The summed E-state index contributed by atoms with van der Waals surface area (Å²) in [5, 5.41) is 6.98. The third-order valence-corrected chi connectivity index (χ3v) is 6.34. The van der Waals surface area contributed by atoms with Crippen LogP contribution in [0, 0.1) is 5.92 Å². The summed E-state index contributed by atoms with van der Waals surface area (Å²) in [6.45, 7) is 4.23. The number of carbonyl (C=O) groups excluding carboxylic acids is 1. The number of amides is 1. The maximum absolute atomic E-state index is 12.5. The monoisotopic (exact) mass is 413 g/mol. The number of carbonyl (C=O) groups is 1. The van der Waals surface area contributed by atoms with Gasteiger partial charge in [0.25, 0.3) is 0 Å². The molecule has 2 bridgehead atoms. The molecule has 27 heavy (non-hydrogen) atoms. The average Bonchev–Trinajstić information content (AvgIpc) is 3.10. The molecule has 152 valence electrons. The summed E-state index contributed by atoms with van der Waals surface area (Å²) in [6, 6.07) is 12.8. The van der Waals surface area contributed by atoms with Crippen molar-refractivity contribution in [1.82, 2.24) is 15.5 Å². The van der Waals surface area contributed by atoms with Crippen LogP contribution in [0.25, 0.3) is 0 Å². The van der Waals surface area contributed by atoms with Crippen molar-refractivity contribution < 1.29 is 4.79 Å². The van der Waals surface area contributed by atoms with E-state index in [-0.39, 0.29) is 30.7 Å². The molecule has 3 saturated heterocycles. The number of nitrogens with one attached hydrogen (secondary N) is 2. The van der Waals surface area contributed by atoms with E-state index < -0.39 is 0 Å². The standard InChI is InChI=1S/C21H31N3O.2ClH/c1-15-9-20(14-24(15)13-16-5-3-2-4-6-16)23-21(25)12-17-10-18-7-8-19(11-17)22-18;;/h2-6,15,17-20,22H,7-14H2,1H3,(H,23,25);2*1H. The van der Waals surface area contributed by atoms with Crippen LogP contribution >= 0.6 is 24.8 Å². The molecule has 3 aliphatic heterocycles. The fraction of sp³-hybridized carbons (Fsp3) is 0.667. The summed E-state index contributed by atoms with van der Waals surface area (Å²) in [7, 11) is 0. The summed E-state index contributed by atoms with van der Waals surface area (Å²) in [6.07, 6.45) is 6.76. The van der Waals surface area contributed by atoms with Gasteiger partial charge in [-0.1, -0.05) is 30.3 Å². The Morgan fingerprint density at radius 1 is 1.11 bits per heavy atom. The van der Waals surface area contributed by atoms with Crippen LogP contribution < -0.4 is 10.6 Å². The molecule has 2 N–H and O–H groups in total. The zero-order valence-corrected chi connectivity index (χ0v) is 17.7. The highest BCUT2D eigenvalue weighted by Crippen LogP contribution is 2.32. The van der Waals surface area contributed by atoms with E-state index in [0.717, 1.165) is 25.9 Å². The molecule has 4 rings (SSSR count). The fourth-order valence-corrected chi connectivity index (χ4v) is 5.13. The first-order chi connectivity index (χ1) is 12.2. The lowest BCUT2D eigenvalue weighted by Crippen LogP contribution is -2.42. The van der Waals surface area contributed by atoms with Crippen LogP contribution in [0.4, 0.5) is 0 Å². The molecule has 0 aliphatic carbocycles. The van der Waals surface area contributed by atoms with E-state index in [4.69, 9.17) is 0 Å². The van der Waals surface area contributed by atoms with Gasteiger partial charge < -0.3 is 10.6 Å². The number of piperidine rings is 1. The number of halogens is 2. The van der Waals surface area contributed by atoms with Gasteiger partial charge in [-0.05, 0) is 50.5 Å². The van der Waals surface area contributed by atoms with Crippen molar-refractivity contribution in [3.05, 3.63) is 35.9 Å². The smallest absolute Gasteiger partial charge is 0.220 e. The van der Waals surface area contributed by atoms with Gasteiger partial charge in [-0.25, -0.2) is 0 Å². The topological polar surface area (TPSA) is 44.4 Å². The largest absolute Gasteiger partial charge is 0.352 e. The van der Waals surface area contributed by atoms with Gasteiger partial charge in [0, 0.05) is 43.7 Å². The van der Waals surface area contributed by atoms with E-state index in [1.165, 1.54) is 31.2 Å². The van der Waals surface area contributed by atoms with E-state index in [1.807, 2.05) is 0 Å². The maximum Gasteiger partial charge on any atom is 0.220 e. The summed E-state index contributed by atoms with van der Waals surface area (Å²) in [4.78, 5) is 15.0. The minimum absolute atomic E-state index is 0. The first-order valence-corrected chi connectivity index (χ1v) is 9.99. The van der Waals surface area contributed by atoms with Crippen LogP contribution in [0.15, 0.2) is 30.3 Å². The molecule has 1 aromatic rings. The predicted octanol–water partition coefficient (Wildman–Crippen LogP) is 3.53. The molecular formula is C21H33Cl2N3O. The highest BCUT2D eigenvalue weighted by Gasteiger charge is 2.35. The number of rotatable bonds is 5. The Labute approximate surface area is 175 Å². The van der Waals surface area contributed by atoms with E-state index in [0.29, 0.717) is 30.1 Å². The van der Waals surface area contributed by atoms with Crippen LogP contribution in [-0.2, 0) is 11.3 Å². The first kappa shape index (κ1) is 22.5. The van der Waals surface area contributed by atoms with Crippen molar-refractivity contribution in [2.45, 2.75) is 76.2 Å². The molecule has 4 nitrogen and oxygen atoms in total. The lowest BCUT2D eigenvalue weighted by Gasteiger charge is -2.29. The quantitative estimate of drug-likeness (QED) is 0.775. The molecule has 0 radical (unpaired) electrons. The molecule has 1 amide bonds. The first-order valence-electron chi connectivity index (χ1n) is 9.99. The van der Waals surface area contributed by atoms with E-state index >= 15 is 0 Å². The number of hydrogen-bond acceptors (Lipinski definition) is 3. The van der Waals surface area contributed by atoms with Gasteiger partial charge in [-0.3, -0.25) is 9.69 Å². The van der Waals surface area contributed by atoms with E-state index in [2.05, 4.69) is 52.8 Å². The zero-order valence-electron chi connectivity index (χ0n) is 16.1. The third-order valence-electron chi connectivity index (χ3n) is 6.34. The van der Waals surface area contributed by atoms with Gasteiger partial charge in [0.1, 0.15) is 0 Å². The Morgan fingerprint density at radius 3 is 2.44 bits per heavy atom. The lowest BCUT2D eigenvalue weighted by molar-refractivity contribution is -0.122. The number of hydrogen-bond donors (Lipinski definition) is 2. The molecule has 0 saturated carbocycles. The van der Waals surface area contributed by atoms with Gasteiger partial charge in [-0.15, -0.1) is 24.8 Å². The molecule has 6 heteroatoms. The van der Waals surface area contributed by atoms with Crippen LogP contribution in [0.5, 0.6) is 0 Å². The third kappa shape index (κ3) is 5.83. The van der Waals surface area contributed by atoms with Crippen LogP contribution in [0.1, 0.15) is 51.0 Å². The van der Waals surface area contributed by atoms with Crippen molar-refractivity contribution in [3.63, 3.8) is 0 Å². The van der Waals surface area contributed by atoms with E-state index in [1.54, 1.807) is 0 Å². The van der Waals surface area contributed by atoms with Gasteiger partial charge in [0.05, 0.1) is 0 Å². The number of fused-ring (bicyclic) bond motifs is 2. The second-order valence-electron chi connectivity index (χ2n) is 8.44. The molecule has 3 aliphatic rings. The summed E-state index contributed by atoms with van der Waals surface area (Å²) in [5.74, 6) is 0.850. The summed E-state index contributed by atoms with van der Waals surface area (Å²) in [5.41, 5.74) is 1.35. The van der Waals surface area contributed by atoms with Crippen LogP contribution in [-0.4, -0.2) is 41.5 Å². The second kappa shape index (κ2) is 10.1. The van der Waals surface area contributed by atoms with Crippen LogP contribution in [0.2, 0.25) is 0 Å². The molecule has 0 spiro atoms. The van der Waals surface area contributed by atoms with Crippen molar-refractivity contribution in [2.75, 3.05) is 6.54 Å². The molecular weight excluding hydrogens is 381 g/mol. The molecule has 3 heterocycles. The minimum atomic E-state index is 0. The van der Waals surface area contributed by atoms with E-state index in [9.17, 15) is 4.79 Å². The molecule has 3 fully saturated rings. The molecule has 4 atom stereocenters. The lowest BCUT2D eigenvalue weighted by atomic mass is 9.89. The van der Waals surface area contributed by atoms with Crippen molar-refractivity contribution in [1.29, 1.82) is 0 Å². The summed E-state index contributed by atoms with van der Waals surface area (Å²) >= 11 is 0. The second-order valence-corrected chi connectivity index (χ2v) is 8.44. The highest BCUT2D eigenvalue weighted by molar-refractivity contribution is 5.85. The number of benzene rings is 1. The molecule has 4 unspecified atom stereocenters. The predicted molar refractivity (Wildman–Crippen MR) is 115 cm³/mol. The van der Waals surface area contributed by atoms with Crippen molar-refractivity contribution in [3.8, 4) is 0 Å². The van der Waals surface area contributed by atoms with Crippen LogP contribution in [0.3, 0.4) is 0 Å².